The van der Waals surface area contributed by atoms with Gasteiger partial charge in [-0.2, -0.15) is 0 Å². The van der Waals surface area contributed by atoms with E-state index >= 15 is 0 Å². The lowest BCUT2D eigenvalue weighted by molar-refractivity contribution is -0.228. The number of carboxylic acids is 1. The van der Waals surface area contributed by atoms with E-state index in [0.717, 1.165) is 38.5 Å². The van der Waals surface area contributed by atoms with E-state index in [9.17, 15) is 33.3 Å². The van der Waals surface area contributed by atoms with Crippen LogP contribution in [0.25, 0.3) is 0 Å². The number of fused-ring (bicyclic) bond motifs is 5. The van der Waals surface area contributed by atoms with Crippen LogP contribution in [0.3, 0.4) is 0 Å². The van der Waals surface area contributed by atoms with Crippen molar-refractivity contribution in [2.75, 3.05) is 12.3 Å². The van der Waals surface area contributed by atoms with E-state index in [1.807, 2.05) is 0 Å². The van der Waals surface area contributed by atoms with Crippen molar-refractivity contribution in [2.24, 2.45) is 51.5 Å². The lowest BCUT2D eigenvalue weighted by Gasteiger charge is -2.64. The monoisotopic (exact) mass is 542 g/mol. The predicted molar refractivity (Wildman–Crippen MR) is 139 cm³/mol. The molecule has 0 radical (unpaired) electrons. The number of carbonyl (C=O) groups is 2. The van der Waals surface area contributed by atoms with Crippen LogP contribution in [0, 0.1) is 46.3 Å². The fraction of sp³-hybridized carbons (Fsp3) is 0.926. The third kappa shape index (κ3) is 5.20. The molecule has 0 aromatic heterocycles. The third-order valence-corrected chi connectivity index (χ3v) is 12.2. The molecule has 0 aliphatic heterocycles. The van der Waals surface area contributed by atoms with Crippen molar-refractivity contribution in [1.82, 2.24) is 5.32 Å². The molecule has 4 aliphatic carbocycles. The van der Waals surface area contributed by atoms with Crippen molar-refractivity contribution < 1.29 is 33.3 Å². The molecule has 0 aromatic rings. The van der Waals surface area contributed by atoms with Crippen molar-refractivity contribution in [3.63, 3.8) is 0 Å². The molecule has 4 fully saturated rings. The van der Waals surface area contributed by atoms with Crippen molar-refractivity contribution in [3.05, 3.63) is 0 Å². The van der Waals surface area contributed by atoms with Gasteiger partial charge in [-0.05, 0) is 98.2 Å². The molecule has 37 heavy (non-hydrogen) atoms. The lowest BCUT2D eigenvalue weighted by atomic mass is 9.41. The third-order valence-electron chi connectivity index (χ3n) is 11.4. The van der Waals surface area contributed by atoms with E-state index in [2.05, 4.69) is 26.1 Å². The van der Waals surface area contributed by atoms with Crippen LogP contribution in [0.1, 0.15) is 85.0 Å². The predicted octanol–water partition coefficient (Wildman–Crippen LogP) is 2.25. The van der Waals surface area contributed by atoms with Crippen LogP contribution in [0.4, 0.5) is 0 Å². The quantitative estimate of drug-likeness (QED) is 0.313. The highest BCUT2D eigenvalue weighted by Gasteiger charge is 2.68. The SMILES string of the molecule is C[C@H](CCC(=O)NCCS(N)(=O)=O)[C@H]1CC[C@H]2[C@H]3[C@H](CC[C@]12C)[C@@]1(C)CC[C@@H](O)CC1C[C@@]3(O)C(=O)O. The molecule has 10 heteroatoms. The Bertz CT molecular complexity index is 1000. The average molecular weight is 543 g/mol. The van der Waals surface area contributed by atoms with Crippen LogP contribution in [0.2, 0.25) is 0 Å². The molecule has 4 aliphatic rings. The van der Waals surface area contributed by atoms with Crippen LogP contribution in [0.15, 0.2) is 0 Å². The van der Waals surface area contributed by atoms with E-state index < -0.39 is 27.7 Å². The molecule has 9 nitrogen and oxygen atoms in total. The number of nitrogens with two attached hydrogens (primary N) is 1. The Hall–Kier alpha value is -1.23. The van der Waals surface area contributed by atoms with Gasteiger partial charge in [0.2, 0.25) is 15.9 Å². The molecule has 4 rings (SSSR count). The van der Waals surface area contributed by atoms with Gasteiger partial charge in [0.05, 0.1) is 11.9 Å². The number of nitrogens with one attached hydrogen (secondary N) is 1. The van der Waals surface area contributed by atoms with Gasteiger partial charge in [0, 0.05) is 18.9 Å². The number of aliphatic hydroxyl groups excluding tert-OH is 1. The highest BCUT2D eigenvalue weighted by atomic mass is 32.2. The molecule has 1 unspecified atom stereocenters. The van der Waals surface area contributed by atoms with Gasteiger partial charge in [0.1, 0.15) is 0 Å². The number of carboxylic acid groups (broad SMARTS) is 1. The van der Waals surface area contributed by atoms with Crippen LogP contribution in [-0.4, -0.2) is 59.6 Å². The lowest BCUT2D eigenvalue weighted by Crippen LogP contribution is -2.66. The first-order valence-corrected chi connectivity index (χ1v) is 15.7. The molecule has 212 valence electrons. The van der Waals surface area contributed by atoms with Gasteiger partial charge >= 0.3 is 5.97 Å². The minimum absolute atomic E-state index is 0.00287. The van der Waals surface area contributed by atoms with Gasteiger partial charge in [-0.25, -0.2) is 18.4 Å². The zero-order valence-electron chi connectivity index (χ0n) is 22.5. The first kappa shape index (κ1) is 28.8. The maximum Gasteiger partial charge on any atom is 0.336 e. The Labute approximate surface area is 221 Å². The zero-order valence-corrected chi connectivity index (χ0v) is 23.3. The molecule has 0 bridgehead atoms. The number of hydrogen-bond donors (Lipinski definition) is 5. The van der Waals surface area contributed by atoms with Gasteiger partial charge in [-0.3, -0.25) is 4.79 Å². The second-order valence-corrected chi connectivity index (χ2v) is 15.0. The van der Waals surface area contributed by atoms with Crippen molar-refractivity contribution >= 4 is 21.9 Å². The van der Waals surface area contributed by atoms with Gasteiger partial charge in [0.15, 0.2) is 5.60 Å². The number of rotatable bonds is 8. The molecular weight excluding hydrogens is 496 g/mol. The fourth-order valence-corrected chi connectivity index (χ4v) is 9.83. The van der Waals surface area contributed by atoms with Crippen molar-refractivity contribution in [2.45, 2.75) is 96.7 Å². The highest BCUT2D eigenvalue weighted by molar-refractivity contribution is 7.89. The summed E-state index contributed by atoms with van der Waals surface area (Å²) in [7, 11) is -3.62. The van der Waals surface area contributed by atoms with Gasteiger partial charge in [0.25, 0.3) is 0 Å². The molecule has 10 atom stereocenters. The molecule has 0 spiro atoms. The summed E-state index contributed by atoms with van der Waals surface area (Å²) in [6.45, 7) is 6.71. The molecule has 4 saturated carbocycles. The minimum atomic E-state index is -3.62. The molecule has 0 aromatic carbocycles. The van der Waals surface area contributed by atoms with E-state index in [1.165, 1.54) is 0 Å². The van der Waals surface area contributed by atoms with E-state index in [4.69, 9.17) is 5.14 Å². The van der Waals surface area contributed by atoms with Crippen LogP contribution < -0.4 is 10.5 Å². The maximum atomic E-state index is 12.6. The molecule has 6 N–H and O–H groups in total. The van der Waals surface area contributed by atoms with Crippen molar-refractivity contribution in [1.29, 1.82) is 0 Å². The molecule has 0 saturated heterocycles. The Kier molecular flexibility index (Phi) is 7.83. The number of aliphatic hydroxyl groups is 2. The Morgan fingerprint density at radius 3 is 2.38 bits per heavy atom. The second-order valence-electron chi connectivity index (χ2n) is 13.3. The fourth-order valence-electron chi connectivity index (χ4n) is 9.45. The summed E-state index contributed by atoms with van der Waals surface area (Å²) < 4.78 is 22.2. The Morgan fingerprint density at radius 1 is 1.08 bits per heavy atom. The summed E-state index contributed by atoms with van der Waals surface area (Å²) in [4.78, 5) is 24.9. The summed E-state index contributed by atoms with van der Waals surface area (Å²) in [5.74, 6) is -1.11. The van der Waals surface area contributed by atoms with E-state index in [-0.39, 0.29) is 65.0 Å². The van der Waals surface area contributed by atoms with Crippen molar-refractivity contribution in [3.8, 4) is 0 Å². The minimum Gasteiger partial charge on any atom is -0.479 e. The largest absolute Gasteiger partial charge is 0.479 e. The maximum absolute atomic E-state index is 12.6. The van der Waals surface area contributed by atoms with E-state index in [1.54, 1.807) is 0 Å². The van der Waals surface area contributed by atoms with Gasteiger partial charge in [-0.1, -0.05) is 20.8 Å². The Morgan fingerprint density at radius 2 is 1.73 bits per heavy atom. The first-order chi connectivity index (χ1) is 17.1. The second kappa shape index (κ2) is 10.1. The van der Waals surface area contributed by atoms with Crippen LogP contribution in [-0.2, 0) is 19.6 Å². The highest BCUT2D eigenvalue weighted by Crippen LogP contribution is 2.70. The number of carbonyl (C=O) groups excluding carboxylic acids is 1. The Balaban J connectivity index is 1.49. The van der Waals surface area contributed by atoms with E-state index in [0.29, 0.717) is 25.2 Å². The van der Waals surface area contributed by atoms with Gasteiger partial charge < -0.3 is 20.6 Å². The summed E-state index contributed by atoms with van der Waals surface area (Å²) in [5.41, 5.74) is -1.95. The number of amides is 1. The number of hydrogen-bond acceptors (Lipinski definition) is 6. The molecule has 0 heterocycles. The summed E-state index contributed by atoms with van der Waals surface area (Å²) in [5, 5.41) is 40.1. The van der Waals surface area contributed by atoms with Crippen LogP contribution >= 0.6 is 0 Å². The smallest absolute Gasteiger partial charge is 0.336 e. The standard InChI is InChI=1S/C27H46N2O7S/c1-16(4-7-22(31)29-12-13-37(28,35)36)19-5-6-20-23-21(9-11-26(19,20)3)25(2)10-8-18(30)14-17(25)15-27(23,34)24(32)33/h16-21,23,30,34H,4-15H2,1-3H3,(H,29,31)(H,32,33)(H2,28,35,36)/t16-,17?,18-,19-,20+,21+,23+,25+,26-,27+/m1/s1. The number of primary sulfonamides is 1. The number of sulfonamides is 1. The number of aliphatic carboxylic acids is 1. The molecular formula is C27H46N2O7S. The van der Waals surface area contributed by atoms with Crippen LogP contribution in [0.5, 0.6) is 0 Å². The molecule has 1 amide bonds. The topological polar surface area (TPSA) is 167 Å². The average Bonchev–Trinajstić information content (AvgIpc) is 3.15. The summed E-state index contributed by atoms with van der Waals surface area (Å²) in [6, 6.07) is 0. The summed E-state index contributed by atoms with van der Waals surface area (Å²) >= 11 is 0. The zero-order chi connectivity index (χ0) is 27.4. The normalized spacial score (nSPS) is 44.3. The van der Waals surface area contributed by atoms with Gasteiger partial charge in [-0.15, -0.1) is 0 Å². The first-order valence-electron chi connectivity index (χ1n) is 14.0. The summed E-state index contributed by atoms with van der Waals surface area (Å²) in [6.07, 6.45) is 6.64.